The summed E-state index contributed by atoms with van der Waals surface area (Å²) in [6, 6.07) is 27.2. The number of fused-ring (bicyclic) bond motifs is 1. The van der Waals surface area contributed by atoms with Crippen molar-refractivity contribution in [3.05, 3.63) is 85.1 Å². The fraction of sp³-hybridized carbons (Fsp3) is 0. The van der Waals surface area contributed by atoms with E-state index in [0.717, 1.165) is 33.2 Å². The first kappa shape index (κ1) is 25.5. The third-order valence-corrected chi connectivity index (χ3v) is 4.69. The maximum atomic E-state index is 5.52. The molecule has 0 aliphatic heterocycles. The van der Waals surface area contributed by atoms with Gasteiger partial charge in [-0.05, 0) is 69.8 Å². The normalized spacial score (nSPS) is 8.31. The van der Waals surface area contributed by atoms with Crippen LogP contribution in [0.4, 0.5) is 0 Å². The van der Waals surface area contributed by atoms with Crippen LogP contribution < -0.4 is 4.74 Å². The summed E-state index contributed by atoms with van der Waals surface area (Å²) in [5.41, 5.74) is 3.84. The maximum Gasteiger partial charge on any atom is 0.140 e. The summed E-state index contributed by atoms with van der Waals surface area (Å²) in [4.78, 5) is 4.61. The summed E-state index contributed by atoms with van der Waals surface area (Å²) in [6.07, 6.45) is 9.37. The molecule has 4 aromatic rings. The molecule has 0 saturated carbocycles. The molecule has 0 saturated heterocycles. The van der Waals surface area contributed by atoms with Crippen molar-refractivity contribution >= 4 is 10.8 Å². The predicted molar refractivity (Wildman–Crippen MR) is 161 cm³/mol. The van der Waals surface area contributed by atoms with E-state index in [1.54, 1.807) is 0 Å². The molecule has 1 heterocycles. The topological polar surface area (TPSA) is 22.1 Å². The Labute approximate surface area is 239 Å². The van der Waals surface area contributed by atoms with Crippen molar-refractivity contribution in [2.75, 3.05) is 0 Å². The van der Waals surface area contributed by atoms with Gasteiger partial charge in [-0.1, -0.05) is 36.4 Å². The zero-order chi connectivity index (χ0) is 24.1. The van der Waals surface area contributed by atoms with Crippen LogP contribution in [0.1, 0.15) is 14.3 Å². The summed E-state index contributed by atoms with van der Waals surface area (Å²) < 4.78 is 5.52. The van der Waals surface area contributed by atoms with Gasteiger partial charge >= 0.3 is 0 Å². The number of terminal acetylenes is 1. The summed E-state index contributed by atoms with van der Waals surface area (Å²) in [7, 11) is 0. The van der Waals surface area contributed by atoms with Crippen LogP contribution in [0.2, 0.25) is 0 Å². The Balaban J connectivity index is -0.000000219. The molecule has 1 aromatic heterocycles. The van der Waals surface area contributed by atoms with Gasteiger partial charge in [-0.15, -0.1) is 41.8 Å². The largest absolute Gasteiger partial charge is 0.407 e. The second kappa shape index (κ2) is 13.6. The van der Waals surface area contributed by atoms with E-state index in [0.29, 0.717) is 5.75 Å². The van der Waals surface area contributed by atoms with E-state index in [1.807, 2.05) is 60.8 Å². The van der Waals surface area contributed by atoms with Crippen LogP contribution in [0.5, 0.6) is 5.75 Å². The van der Waals surface area contributed by atoms with Gasteiger partial charge in [-0.2, -0.15) is 0 Å². The summed E-state index contributed by atoms with van der Waals surface area (Å²) in [5.74, 6) is 25.4. The molecular formula is C33H34IrNO-. The Morgan fingerprint density at radius 2 is 1.47 bits per heavy atom. The van der Waals surface area contributed by atoms with E-state index in [4.69, 9.17) is 11.2 Å². The molecule has 0 spiro atoms. The van der Waals surface area contributed by atoms with Crippen molar-refractivity contribution in [2.24, 2.45) is 0 Å². The summed E-state index contributed by atoms with van der Waals surface area (Å²) >= 11 is 0. The fourth-order valence-corrected chi connectivity index (χ4v) is 3.22. The Morgan fingerprint density at radius 3 is 2.28 bits per heavy atom. The summed E-state index contributed by atoms with van der Waals surface area (Å²) in [6.45, 7) is 0. The molecule has 0 amide bonds. The zero-order valence-electron chi connectivity index (χ0n) is 18.8. The van der Waals surface area contributed by atoms with E-state index < -0.39 is 0 Å². The van der Waals surface area contributed by atoms with Crippen molar-refractivity contribution in [2.45, 2.75) is 0 Å². The van der Waals surface area contributed by atoms with Crippen molar-refractivity contribution in [1.82, 2.24) is 4.98 Å². The average Bonchev–Trinajstić information content (AvgIpc) is 2.91. The van der Waals surface area contributed by atoms with E-state index in [-0.39, 0.29) is 34.4 Å². The Bertz CT molecular complexity index is 1800. The van der Waals surface area contributed by atoms with Crippen LogP contribution in [0.3, 0.4) is 0 Å². The van der Waals surface area contributed by atoms with Crippen LogP contribution in [0, 0.1) is 77.8 Å². The fourth-order valence-electron chi connectivity index (χ4n) is 3.22. The number of hydrogen-bond donors (Lipinski definition) is 0. The van der Waals surface area contributed by atoms with Crippen LogP contribution >= 0.6 is 0 Å². The van der Waals surface area contributed by atoms with Gasteiger partial charge in [0.25, 0.3) is 0 Å². The SMILES string of the molecule is C#CC#CC#CC#CC#CC#COc1cccc(-c2cc[c-]c(-c3nccc4ccccc34)c2)c1.[HH].[HH].[HH].[HH].[HH].[HH].[HH].[HH].[HH].[HH].[Ir]. The molecule has 187 valence electrons. The quantitative estimate of drug-likeness (QED) is 0.166. The maximum absolute atomic E-state index is 5.52. The second-order valence-electron chi connectivity index (χ2n) is 6.87. The first-order valence-corrected chi connectivity index (χ1v) is 10.4. The van der Waals surface area contributed by atoms with Gasteiger partial charge in [0.05, 0.1) is 0 Å². The summed E-state index contributed by atoms with van der Waals surface area (Å²) in [5, 5.41) is 2.23. The van der Waals surface area contributed by atoms with Gasteiger partial charge in [-0.3, -0.25) is 0 Å². The number of aromatic nitrogens is 1. The van der Waals surface area contributed by atoms with E-state index in [2.05, 4.69) is 94.6 Å². The first-order valence-electron chi connectivity index (χ1n) is 10.4. The molecule has 0 aliphatic rings. The van der Waals surface area contributed by atoms with Gasteiger partial charge < -0.3 is 9.72 Å². The predicted octanol–water partition coefficient (Wildman–Crippen LogP) is 7.81. The molecule has 2 nitrogen and oxygen atoms in total. The minimum absolute atomic E-state index is 0. The van der Waals surface area contributed by atoms with E-state index >= 15 is 0 Å². The van der Waals surface area contributed by atoms with E-state index in [1.165, 1.54) is 0 Å². The van der Waals surface area contributed by atoms with Crippen molar-refractivity contribution < 1.29 is 39.1 Å². The van der Waals surface area contributed by atoms with Crippen LogP contribution in [-0.4, -0.2) is 4.98 Å². The van der Waals surface area contributed by atoms with Crippen molar-refractivity contribution in [3.63, 3.8) is 0 Å². The molecule has 0 bridgehead atoms. The van der Waals surface area contributed by atoms with Crippen LogP contribution in [0.25, 0.3) is 33.2 Å². The van der Waals surface area contributed by atoms with Crippen LogP contribution in [0.15, 0.2) is 79.0 Å². The van der Waals surface area contributed by atoms with Gasteiger partial charge in [0.15, 0.2) is 0 Å². The average molecular weight is 653 g/mol. The number of hydrogen-bond acceptors (Lipinski definition) is 2. The Kier molecular flexibility index (Phi) is 9.60. The number of rotatable bonds is 3. The molecule has 0 N–H and O–H groups in total. The zero-order valence-corrected chi connectivity index (χ0v) is 21.2. The van der Waals surface area contributed by atoms with Crippen LogP contribution in [-0.2, 0) is 20.1 Å². The number of benzene rings is 3. The molecule has 0 unspecified atom stereocenters. The molecule has 36 heavy (non-hydrogen) atoms. The van der Waals surface area contributed by atoms with Gasteiger partial charge in [-0.25, -0.2) is 0 Å². The second-order valence-corrected chi connectivity index (χ2v) is 6.87. The van der Waals surface area contributed by atoms with Gasteiger partial charge in [0.2, 0.25) is 0 Å². The number of ether oxygens (including phenoxy) is 1. The Morgan fingerprint density at radius 1 is 0.750 bits per heavy atom. The third kappa shape index (κ3) is 6.94. The van der Waals surface area contributed by atoms with Crippen molar-refractivity contribution in [1.29, 1.82) is 0 Å². The minimum atomic E-state index is 0. The molecule has 4 rings (SSSR count). The molecule has 0 fully saturated rings. The molecular weight excluding hydrogens is 619 g/mol. The van der Waals surface area contributed by atoms with E-state index in [9.17, 15) is 0 Å². The third-order valence-electron chi connectivity index (χ3n) is 4.69. The standard InChI is InChI=1S/C33H14NO.Ir.10H2/c1-2-3-4-5-6-7-8-9-10-13-24-35-31-20-15-18-29(26-31)28-17-14-19-30(25-28)33-32-21-12-11-16-27(32)22-23-34-33;;;;;;;;;;;/h1,11-12,14-18,20-23,25-26H;;10*1H/q-1;;;;;;;;;;;. The smallest absolute Gasteiger partial charge is 0.140 e. The molecule has 0 aliphatic carbocycles. The minimum Gasteiger partial charge on any atom is -0.407 e. The molecule has 0 atom stereocenters. The number of pyridine rings is 1. The van der Waals surface area contributed by atoms with Crippen molar-refractivity contribution in [3.8, 4) is 99.9 Å². The first-order chi connectivity index (χ1) is 17.3. The molecule has 3 aromatic carbocycles. The van der Waals surface area contributed by atoms with Gasteiger partial charge in [0.1, 0.15) is 11.9 Å². The monoisotopic (exact) mass is 653 g/mol. The molecule has 1 radical (unpaired) electrons. The Hall–Kier alpha value is -5.12. The number of nitrogens with zero attached hydrogens (tertiary/aromatic N) is 1. The van der Waals surface area contributed by atoms with Gasteiger partial charge in [0, 0.05) is 70.2 Å². The molecule has 3 heteroatoms.